The van der Waals surface area contributed by atoms with Crippen molar-refractivity contribution in [2.24, 2.45) is 0 Å². The lowest BCUT2D eigenvalue weighted by Crippen LogP contribution is -2.46. The molecule has 4 nitrogen and oxygen atoms in total. The molecule has 0 radical (unpaired) electrons. The van der Waals surface area contributed by atoms with Gasteiger partial charge in [0.2, 0.25) is 0 Å². The third kappa shape index (κ3) is 5.09. The maximum atomic E-state index is 13.3. The molecule has 0 aliphatic rings. The number of carbonyl (C=O) groups excluding carboxylic acids is 1. The van der Waals surface area contributed by atoms with Gasteiger partial charge in [0, 0.05) is 13.2 Å². The van der Waals surface area contributed by atoms with Gasteiger partial charge in [0.05, 0.1) is 0 Å². The van der Waals surface area contributed by atoms with Gasteiger partial charge in [-0.05, 0) is 13.8 Å². The monoisotopic (exact) mass is 250 g/mol. The summed E-state index contributed by atoms with van der Waals surface area (Å²) in [4.78, 5) is 10.3. The van der Waals surface area contributed by atoms with E-state index >= 15 is 0 Å². The van der Waals surface area contributed by atoms with Crippen molar-refractivity contribution in [3.8, 4) is 0 Å². The van der Waals surface area contributed by atoms with E-state index < -0.39 is 21.3 Å². The van der Waals surface area contributed by atoms with Crippen LogP contribution >= 0.6 is 0 Å². The second kappa shape index (κ2) is 5.42. The first-order valence-electron chi connectivity index (χ1n) is 4.02. The molecule has 0 aromatic rings. The highest BCUT2D eigenvalue weighted by Gasteiger charge is 2.54. The third-order valence-corrected chi connectivity index (χ3v) is 2.78. The molecule has 0 fully saturated rings. The minimum atomic E-state index is -5.27. The Hall–Kier alpha value is -0.673. The van der Waals surface area contributed by atoms with Crippen molar-refractivity contribution >= 4 is 15.1 Å². The highest BCUT2D eigenvalue weighted by atomic mass is 28.4. The molecule has 9 heteroatoms. The van der Waals surface area contributed by atoms with Gasteiger partial charge in [-0.3, -0.25) is 0 Å². The average molecular weight is 250 g/mol. The predicted molar refractivity (Wildman–Crippen MR) is 42.3 cm³/mol. The van der Waals surface area contributed by atoms with Crippen molar-refractivity contribution in [2.45, 2.75) is 20.0 Å². The zero-order valence-electron chi connectivity index (χ0n) is 8.06. The zero-order valence-corrected chi connectivity index (χ0v) is 9.06. The number of hydrogen-bond donors (Lipinski definition) is 0. The lowest BCUT2D eigenvalue weighted by atomic mass is 10.7. The van der Waals surface area contributed by atoms with Crippen LogP contribution in [0.1, 0.15) is 13.8 Å². The molecule has 0 saturated carbocycles. The smallest absolute Gasteiger partial charge is 0.442 e. The van der Waals surface area contributed by atoms with E-state index in [1.54, 1.807) is 0 Å². The predicted octanol–water partition coefficient (Wildman–Crippen LogP) is 1.57. The van der Waals surface area contributed by atoms with Crippen LogP contribution in [0.5, 0.6) is 0 Å². The molecule has 0 heterocycles. The normalized spacial score (nSPS) is 12.7. The molecular weight excluding hydrogens is 240 g/mol. The van der Waals surface area contributed by atoms with Gasteiger partial charge in [0.1, 0.15) is 0 Å². The summed E-state index contributed by atoms with van der Waals surface area (Å²) in [6.45, 7) is 2.16. The van der Waals surface area contributed by atoms with Crippen LogP contribution in [-0.4, -0.2) is 34.5 Å². The SMILES string of the molecule is CCO[Si](F)(OCC)OC(=O)C(F)(F)F. The molecule has 0 unspecified atom stereocenters. The van der Waals surface area contributed by atoms with Crippen molar-refractivity contribution in [1.82, 2.24) is 0 Å². The quantitative estimate of drug-likeness (QED) is 0.422. The Bertz CT molecular complexity index is 214. The largest absolute Gasteiger partial charge is 0.793 e. The molecule has 0 atom stereocenters. The maximum Gasteiger partial charge on any atom is 0.793 e. The van der Waals surface area contributed by atoms with E-state index in [1.807, 2.05) is 0 Å². The van der Waals surface area contributed by atoms with Crippen LogP contribution in [-0.2, 0) is 18.1 Å². The zero-order chi connectivity index (χ0) is 12.1. The number of rotatable bonds is 5. The molecule has 0 aromatic carbocycles. The summed E-state index contributed by atoms with van der Waals surface area (Å²) in [5, 5.41) is 0. The fourth-order valence-corrected chi connectivity index (χ4v) is 1.84. The van der Waals surface area contributed by atoms with E-state index in [1.165, 1.54) is 13.8 Å². The Labute approximate surface area is 84.7 Å². The molecule has 15 heavy (non-hydrogen) atoms. The summed E-state index contributed by atoms with van der Waals surface area (Å²) >= 11 is 0. The molecule has 0 aliphatic carbocycles. The Morgan fingerprint density at radius 2 is 1.60 bits per heavy atom. The fraction of sp³-hybridized carbons (Fsp3) is 0.833. The average Bonchev–Trinajstić information content (AvgIpc) is 2.02. The number of alkyl halides is 3. The molecule has 0 bridgehead atoms. The Morgan fingerprint density at radius 3 is 1.87 bits per heavy atom. The van der Waals surface area contributed by atoms with Gasteiger partial charge in [-0.2, -0.15) is 13.2 Å². The van der Waals surface area contributed by atoms with Crippen molar-refractivity contribution in [1.29, 1.82) is 0 Å². The van der Waals surface area contributed by atoms with E-state index in [4.69, 9.17) is 0 Å². The van der Waals surface area contributed by atoms with Crippen LogP contribution in [0.4, 0.5) is 17.3 Å². The van der Waals surface area contributed by atoms with Crippen molar-refractivity contribution < 1.29 is 35.4 Å². The van der Waals surface area contributed by atoms with Crippen LogP contribution in [0.3, 0.4) is 0 Å². The summed E-state index contributed by atoms with van der Waals surface area (Å²) in [7, 11) is -4.99. The molecular formula is C6H10F4O4Si. The Morgan fingerprint density at radius 1 is 1.20 bits per heavy atom. The van der Waals surface area contributed by atoms with E-state index in [2.05, 4.69) is 13.3 Å². The first-order valence-corrected chi connectivity index (χ1v) is 5.62. The van der Waals surface area contributed by atoms with Gasteiger partial charge in [-0.1, -0.05) is 0 Å². The van der Waals surface area contributed by atoms with Crippen molar-refractivity contribution in [3.05, 3.63) is 0 Å². The topological polar surface area (TPSA) is 44.8 Å². The number of hydrogen-bond acceptors (Lipinski definition) is 4. The summed E-state index contributed by atoms with van der Waals surface area (Å²) in [5.41, 5.74) is 0. The highest BCUT2D eigenvalue weighted by Crippen LogP contribution is 2.21. The lowest BCUT2D eigenvalue weighted by Gasteiger charge is -2.19. The highest BCUT2D eigenvalue weighted by molar-refractivity contribution is 6.54. The van der Waals surface area contributed by atoms with E-state index in [0.29, 0.717) is 0 Å². The summed E-state index contributed by atoms with van der Waals surface area (Å²) in [6.07, 6.45) is -5.27. The van der Waals surface area contributed by atoms with Crippen LogP contribution in [0, 0.1) is 0 Å². The van der Waals surface area contributed by atoms with Gasteiger partial charge in [0.25, 0.3) is 0 Å². The van der Waals surface area contributed by atoms with Crippen LogP contribution in [0.2, 0.25) is 0 Å². The van der Waals surface area contributed by atoms with E-state index in [0.717, 1.165) is 0 Å². The van der Waals surface area contributed by atoms with Crippen molar-refractivity contribution in [2.75, 3.05) is 13.2 Å². The first-order chi connectivity index (χ1) is 6.75. The van der Waals surface area contributed by atoms with Gasteiger partial charge in [-0.15, -0.1) is 0 Å². The van der Waals surface area contributed by atoms with Gasteiger partial charge >= 0.3 is 21.3 Å². The molecule has 90 valence electrons. The molecule has 0 rings (SSSR count). The van der Waals surface area contributed by atoms with Gasteiger partial charge in [-0.25, -0.2) is 8.90 Å². The molecule has 0 spiro atoms. The molecule has 0 aliphatic heterocycles. The van der Waals surface area contributed by atoms with Crippen LogP contribution in [0.15, 0.2) is 0 Å². The molecule has 0 aromatic heterocycles. The molecule has 0 saturated heterocycles. The van der Waals surface area contributed by atoms with E-state index in [-0.39, 0.29) is 13.2 Å². The minimum Gasteiger partial charge on any atom is -0.442 e. The van der Waals surface area contributed by atoms with Crippen molar-refractivity contribution in [3.63, 3.8) is 0 Å². The number of halogens is 4. The van der Waals surface area contributed by atoms with Crippen LogP contribution in [0.25, 0.3) is 0 Å². The second-order valence-corrected chi connectivity index (χ2v) is 3.98. The Kier molecular flexibility index (Phi) is 5.18. The molecule has 0 amide bonds. The fourth-order valence-electron chi connectivity index (χ4n) is 0.614. The lowest BCUT2D eigenvalue weighted by molar-refractivity contribution is -0.196. The third-order valence-electron chi connectivity index (χ3n) is 1.08. The number of carbonyl (C=O) groups is 1. The van der Waals surface area contributed by atoms with Crippen LogP contribution < -0.4 is 0 Å². The maximum absolute atomic E-state index is 13.3. The summed E-state index contributed by atoms with van der Waals surface area (Å²) < 4.78 is 60.5. The second-order valence-electron chi connectivity index (χ2n) is 2.23. The molecule has 0 N–H and O–H groups in total. The van der Waals surface area contributed by atoms with Gasteiger partial charge in [0.15, 0.2) is 0 Å². The van der Waals surface area contributed by atoms with Gasteiger partial charge < -0.3 is 13.3 Å². The van der Waals surface area contributed by atoms with E-state index in [9.17, 15) is 22.1 Å². The minimum absolute atomic E-state index is 0.256. The summed E-state index contributed by atoms with van der Waals surface area (Å²) in [6, 6.07) is 0. The summed E-state index contributed by atoms with van der Waals surface area (Å²) in [5.74, 6) is -2.65. The Balaban J connectivity index is 4.47. The first kappa shape index (κ1) is 14.3. The standard InChI is InChI=1S/C6H10F4O4Si/c1-3-12-15(10,13-4-2)14-5(11)6(7,8)9/h3-4H2,1-2H3.